The van der Waals surface area contributed by atoms with Gasteiger partial charge in [-0.05, 0) is 46.0 Å². The molecule has 0 aromatic carbocycles. The third-order valence-electron chi connectivity index (χ3n) is 4.94. The molecule has 3 heterocycles. The number of nitrogens with one attached hydrogen (secondary N) is 1. The molecule has 0 unspecified atom stereocenters. The van der Waals surface area contributed by atoms with Crippen LogP contribution >= 0.6 is 0 Å². The first-order chi connectivity index (χ1) is 12.5. The van der Waals surface area contributed by atoms with Crippen LogP contribution in [0.1, 0.15) is 33.9 Å². The van der Waals surface area contributed by atoms with Crippen LogP contribution in [0, 0.1) is 13.8 Å². The van der Waals surface area contributed by atoms with E-state index in [-0.39, 0.29) is 11.7 Å². The lowest BCUT2D eigenvalue weighted by atomic mass is 10.2. The molecule has 1 aliphatic rings. The molecule has 138 valence electrons. The third kappa shape index (κ3) is 3.99. The van der Waals surface area contributed by atoms with Gasteiger partial charge in [-0.1, -0.05) is 6.07 Å². The molecule has 3 rings (SSSR count). The van der Waals surface area contributed by atoms with Gasteiger partial charge in [-0.2, -0.15) is 0 Å². The molecule has 2 aromatic heterocycles. The lowest BCUT2D eigenvalue weighted by Gasteiger charge is -2.23. The number of carbonyl (C=O) groups excluding carboxylic acids is 1. The fourth-order valence-corrected chi connectivity index (χ4v) is 3.14. The zero-order valence-corrected chi connectivity index (χ0v) is 15.9. The summed E-state index contributed by atoms with van der Waals surface area (Å²) in [5.74, 6) is 0.829. The summed E-state index contributed by atoms with van der Waals surface area (Å²) >= 11 is 0. The largest absolute Gasteiger partial charge is 0.355 e. The molecule has 0 saturated carbocycles. The predicted molar refractivity (Wildman–Crippen MR) is 101 cm³/mol. The van der Waals surface area contributed by atoms with E-state index in [0.29, 0.717) is 12.6 Å². The quantitative estimate of drug-likeness (QED) is 0.878. The Morgan fingerprint density at radius 3 is 2.81 bits per heavy atom. The molecule has 1 atom stereocenters. The molecule has 0 aliphatic carbocycles. The normalized spacial score (nSPS) is 17.0. The van der Waals surface area contributed by atoms with Crippen LogP contribution in [-0.2, 0) is 6.54 Å². The molecule has 0 spiro atoms. The average Bonchev–Trinajstić information content (AvgIpc) is 3.13. The highest BCUT2D eigenvalue weighted by atomic mass is 16.2. The second-order valence-corrected chi connectivity index (χ2v) is 6.98. The Hall–Kier alpha value is -2.54. The molecule has 1 aliphatic heterocycles. The van der Waals surface area contributed by atoms with Gasteiger partial charge in [-0.25, -0.2) is 9.97 Å². The second kappa shape index (κ2) is 7.78. The zero-order valence-electron chi connectivity index (χ0n) is 15.9. The smallest absolute Gasteiger partial charge is 0.289 e. The van der Waals surface area contributed by atoms with E-state index < -0.39 is 0 Å². The van der Waals surface area contributed by atoms with E-state index in [4.69, 9.17) is 0 Å². The minimum atomic E-state index is -0.262. The lowest BCUT2D eigenvalue weighted by molar-refractivity contribution is 0.0940. The van der Waals surface area contributed by atoms with E-state index in [9.17, 15) is 4.79 Å². The van der Waals surface area contributed by atoms with Crippen molar-refractivity contribution in [2.45, 2.75) is 32.9 Å². The SMILES string of the molecule is Cc1nc(C(=O)NCc2cccnc2)nc(N2CC[C@@H](N(C)C)C2)c1C. The standard InChI is InChI=1S/C19H26N6O/c1-13-14(2)22-17(19(26)21-11-15-6-5-8-20-10-15)23-18(13)25-9-7-16(12-25)24(3)4/h5-6,8,10,16H,7,9,11-12H2,1-4H3,(H,21,26)/t16-/m1/s1. The van der Waals surface area contributed by atoms with Crippen LogP contribution in [-0.4, -0.2) is 59.0 Å². The lowest BCUT2D eigenvalue weighted by Crippen LogP contribution is -2.33. The highest BCUT2D eigenvalue weighted by Crippen LogP contribution is 2.25. The number of aromatic nitrogens is 3. The summed E-state index contributed by atoms with van der Waals surface area (Å²) < 4.78 is 0. The number of carbonyl (C=O) groups is 1. The number of likely N-dealkylation sites (N-methyl/N-ethyl adjacent to an activating group) is 1. The van der Waals surface area contributed by atoms with Gasteiger partial charge < -0.3 is 15.1 Å². The van der Waals surface area contributed by atoms with Gasteiger partial charge in [0.05, 0.1) is 0 Å². The van der Waals surface area contributed by atoms with Gasteiger partial charge in [0.15, 0.2) is 0 Å². The maximum atomic E-state index is 12.5. The first-order valence-electron chi connectivity index (χ1n) is 8.89. The number of hydrogen-bond acceptors (Lipinski definition) is 6. The molecular formula is C19H26N6O. The van der Waals surface area contributed by atoms with E-state index in [2.05, 4.69) is 44.2 Å². The van der Waals surface area contributed by atoms with Crippen LogP contribution in [0.3, 0.4) is 0 Å². The van der Waals surface area contributed by atoms with Crippen LogP contribution in [0.2, 0.25) is 0 Å². The van der Waals surface area contributed by atoms with Gasteiger partial charge in [0.1, 0.15) is 5.82 Å². The summed E-state index contributed by atoms with van der Waals surface area (Å²) in [6.07, 6.45) is 4.54. The van der Waals surface area contributed by atoms with Crippen LogP contribution in [0.5, 0.6) is 0 Å². The number of aryl methyl sites for hydroxylation is 1. The number of nitrogens with zero attached hydrogens (tertiary/aromatic N) is 5. The van der Waals surface area contributed by atoms with Crippen LogP contribution < -0.4 is 10.2 Å². The van der Waals surface area contributed by atoms with Gasteiger partial charge in [0.2, 0.25) is 5.82 Å². The van der Waals surface area contributed by atoms with Crippen molar-refractivity contribution in [3.05, 3.63) is 47.2 Å². The van der Waals surface area contributed by atoms with E-state index in [1.165, 1.54) is 0 Å². The molecule has 7 heteroatoms. The molecule has 1 fully saturated rings. The average molecular weight is 354 g/mol. The Morgan fingerprint density at radius 1 is 1.35 bits per heavy atom. The molecule has 7 nitrogen and oxygen atoms in total. The van der Waals surface area contributed by atoms with Crippen molar-refractivity contribution in [2.75, 3.05) is 32.1 Å². The van der Waals surface area contributed by atoms with Crippen molar-refractivity contribution in [3.8, 4) is 0 Å². The molecule has 0 bridgehead atoms. The number of anilines is 1. The fourth-order valence-electron chi connectivity index (χ4n) is 3.14. The predicted octanol–water partition coefficient (Wildman–Crippen LogP) is 1.56. The van der Waals surface area contributed by atoms with Gasteiger partial charge in [-0.15, -0.1) is 0 Å². The van der Waals surface area contributed by atoms with Crippen molar-refractivity contribution in [1.29, 1.82) is 0 Å². The first-order valence-corrected chi connectivity index (χ1v) is 8.89. The maximum Gasteiger partial charge on any atom is 0.289 e. The summed E-state index contributed by atoms with van der Waals surface area (Å²) in [7, 11) is 4.20. The second-order valence-electron chi connectivity index (χ2n) is 6.98. The van der Waals surface area contributed by atoms with Crippen molar-refractivity contribution in [2.24, 2.45) is 0 Å². The summed E-state index contributed by atoms with van der Waals surface area (Å²) in [4.78, 5) is 30.1. The Kier molecular flexibility index (Phi) is 5.46. The number of hydrogen-bond donors (Lipinski definition) is 1. The van der Waals surface area contributed by atoms with Gasteiger partial charge in [0.25, 0.3) is 5.91 Å². The van der Waals surface area contributed by atoms with Crippen LogP contribution in [0.25, 0.3) is 0 Å². The molecule has 26 heavy (non-hydrogen) atoms. The van der Waals surface area contributed by atoms with Crippen molar-refractivity contribution >= 4 is 11.7 Å². The topological polar surface area (TPSA) is 74.2 Å². The number of rotatable bonds is 5. The number of pyridine rings is 1. The Morgan fingerprint density at radius 2 is 2.15 bits per heavy atom. The monoisotopic (exact) mass is 354 g/mol. The number of amides is 1. The minimum Gasteiger partial charge on any atom is -0.355 e. The Balaban J connectivity index is 1.76. The molecular weight excluding hydrogens is 328 g/mol. The van der Waals surface area contributed by atoms with E-state index >= 15 is 0 Å². The summed E-state index contributed by atoms with van der Waals surface area (Å²) in [6, 6.07) is 4.28. The summed E-state index contributed by atoms with van der Waals surface area (Å²) in [6.45, 7) is 6.21. The molecule has 1 saturated heterocycles. The molecule has 0 radical (unpaired) electrons. The highest BCUT2D eigenvalue weighted by molar-refractivity contribution is 5.91. The summed E-state index contributed by atoms with van der Waals surface area (Å²) in [5.41, 5.74) is 2.82. The van der Waals surface area contributed by atoms with Crippen molar-refractivity contribution < 1.29 is 4.79 Å². The van der Waals surface area contributed by atoms with Gasteiger partial charge in [0, 0.05) is 49.3 Å². The first kappa shape index (κ1) is 18.3. The molecule has 2 aromatic rings. The molecule has 1 amide bonds. The van der Waals surface area contributed by atoms with Crippen molar-refractivity contribution in [1.82, 2.24) is 25.2 Å². The van der Waals surface area contributed by atoms with Gasteiger partial charge >= 0.3 is 0 Å². The van der Waals surface area contributed by atoms with E-state index in [1.54, 1.807) is 12.4 Å². The Labute approximate surface area is 154 Å². The highest BCUT2D eigenvalue weighted by Gasteiger charge is 2.27. The fraction of sp³-hybridized carbons (Fsp3) is 0.474. The van der Waals surface area contributed by atoms with E-state index in [0.717, 1.165) is 42.1 Å². The maximum absolute atomic E-state index is 12.5. The van der Waals surface area contributed by atoms with Crippen LogP contribution in [0.15, 0.2) is 24.5 Å². The van der Waals surface area contributed by atoms with Crippen LogP contribution in [0.4, 0.5) is 5.82 Å². The van der Waals surface area contributed by atoms with E-state index in [1.807, 2.05) is 26.0 Å². The zero-order chi connectivity index (χ0) is 18.7. The van der Waals surface area contributed by atoms with Gasteiger partial charge in [-0.3, -0.25) is 9.78 Å². The Bertz CT molecular complexity index is 777. The molecule has 1 N–H and O–H groups in total. The minimum absolute atomic E-state index is 0.222. The van der Waals surface area contributed by atoms with Crippen molar-refractivity contribution in [3.63, 3.8) is 0 Å². The third-order valence-corrected chi connectivity index (χ3v) is 4.94. The summed E-state index contributed by atoms with van der Waals surface area (Å²) in [5, 5.41) is 2.88.